The highest BCUT2D eigenvalue weighted by Crippen LogP contribution is 2.32. The molecule has 0 bridgehead atoms. The van der Waals surface area contributed by atoms with Crippen LogP contribution in [0.4, 0.5) is 12.9 Å². The third-order valence-electron chi connectivity index (χ3n) is 1.72. The van der Waals surface area contributed by atoms with Gasteiger partial charge in [-0.3, -0.25) is 4.79 Å². The quantitative estimate of drug-likeness (QED) is 0.493. The van der Waals surface area contributed by atoms with E-state index in [9.17, 15) is 17.7 Å². The zero-order valence-electron chi connectivity index (χ0n) is 7.02. The summed E-state index contributed by atoms with van der Waals surface area (Å²) in [6, 6.07) is 0. The monoisotopic (exact) mass is 183 g/mol. The number of methoxy groups -OCH3 is 1. The maximum atomic E-state index is 12.1. The molecule has 0 N–H and O–H groups in total. The van der Waals surface area contributed by atoms with Crippen molar-refractivity contribution in [3.8, 4) is 0 Å². The second-order valence-electron chi connectivity index (χ2n) is 2.57. The lowest BCUT2D eigenvalue weighted by atomic mass is 9.69. The SMILES string of the molecule is CCC(CC(=O)OC)[B-](F)(F)F. The van der Waals surface area contributed by atoms with Crippen LogP contribution in [0.15, 0.2) is 0 Å². The van der Waals surface area contributed by atoms with Crippen LogP contribution < -0.4 is 0 Å². The van der Waals surface area contributed by atoms with Gasteiger partial charge in [-0.1, -0.05) is 19.2 Å². The number of hydrogen-bond donors (Lipinski definition) is 0. The molecule has 0 aliphatic rings. The molecule has 0 aromatic heterocycles. The molecule has 12 heavy (non-hydrogen) atoms. The molecule has 0 aromatic rings. The van der Waals surface area contributed by atoms with E-state index in [1.165, 1.54) is 6.92 Å². The molecule has 1 unspecified atom stereocenters. The summed E-state index contributed by atoms with van der Waals surface area (Å²) in [6.07, 6.45) is -0.630. The summed E-state index contributed by atoms with van der Waals surface area (Å²) in [5.41, 5.74) is 0. The second kappa shape index (κ2) is 4.38. The fourth-order valence-corrected chi connectivity index (χ4v) is 0.843. The minimum absolute atomic E-state index is 0.0708. The molecule has 0 aromatic carbocycles. The summed E-state index contributed by atoms with van der Waals surface area (Å²) in [5, 5.41) is 0. The standard InChI is InChI=1S/C6H11BF3O2/c1-3-5(7(8,9)10)4-6(11)12-2/h5H,3-4H2,1-2H3/q-1. The summed E-state index contributed by atoms with van der Waals surface area (Å²) in [5.74, 6) is -2.32. The van der Waals surface area contributed by atoms with Crippen molar-refractivity contribution in [2.75, 3.05) is 7.11 Å². The molecule has 1 atom stereocenters. The molecule has 0 aliphatic carbocycles. The first-order chi connectivity index (χ1) is 5.41. The van der Waals surface area contributed by atoms with Gasteiger partial charge in [-0.15, -0.1) is 0 Å². The first kappa shape index (κ1) is 11.3. The first-order valence-electron chi connectivity index (χ1n) is 3.68. The van der Waals surface area contributed by atoms with Crippen molar-refractivity contribution in [2.24, 2.45) is 0 Å². The van der Waals surface area contributed by atoms with Crippen LogP contribution in [-0.2, 0) is 9.53 Å². The molecule has 6 heteroatoms. The van der Waals surface area contributed by atoms with Crippen molar-refractivity contribution in [2.45, 2.75) is 25.6 Å². The molecule has 72 valence electrons. The van der Waals surface area contributed by atoms with Gasteiger partial charge in [-0.05, 0) is 0 Å². The summed E-state index contributed by atoms with van der Waals surface area (Å²) < 4.78 is 40.4. The van der Waals surface area contributed by atoms with Gasteiger partial charge in [0.1, 0.15) is 0 Å². The average Bonchev–Trinajstić information content (AvgIpc) is 1.97. The lowest BCUT2D eigenvalue weighted by Gasteiger charge is -2.23. The van der Waals surface area contributed by atoms with Crippen molar-refractivity contribution in [1.29, 1.82) is 0 Å². The van der Waals surface area contributed by atoms with Crippen molar-refractivity contribution >= 4 is 12.9 Å². The van der Waals surface area contributed by atoms with Gasteiger partial charge >= 0.3 is 12.9 Å². The van der Waals surface area contributed by atoms with Gasteiger partial charge in [0.25, 0.3) is 0 Å². The van der Waals surface area contributed by atoms with Gasteiger partial charge in [0.15, 0.2) is 0 Å². The Kier molecular flexibility index (Phi) is 4.13. The van der Waals surface area contributed by atoms with Gasteiger partial charge in [-0.2, -0.15) is 0 Å². The number of halogens is 3. The van der Waals surface area contributed by atoms with Gasteiger partial charge < -0.3 is 17.7 Å². The van der Waals surface area contributed by atoms with Crippen LogP contribution >= 0.6 is 0 Å². The molecule has 0 rings (SSSR count). The van der Waals surface area contributed by atoms with Gasteiger partial charge in [0, 0.05) is 6.42 Å². The molecule has 0 saturated heterocycles. The van der Waals surface area contributed by atoms with Crippen LogP contribution in [0.1, 0.15) is 19.8 Å². The summed E-state index contributed by atoms with van der Waals surface area (Å²) >= 11 is 0. The van der Waals surface area contributed by atoms with Crippen LogP contribution in [0, 0.1) is 0 Å². The fourth-order valence-electron chi connectivity index (χ4n) is 0.843. The first-order valence-corrected chi connectivity index (χ1v) is 3.68. The molecule has 0 fully saturated rings. The zero-order valence-corrected chi connectivity index (χ0v) is 7.02. The van der Waals surface area contributed by atoms with Crippen molar-refractivity contribution in [3.05, 3.63) is 0 Å². The van der Waals surface area contributed by atoms with E-state index in [1.54, 1.807) is 0 Å². The van der Waals surface area contributed by atoms with E-state index in [0.29, 0.717) is 0 Å². The maximum absolute atomic E-state index is 12.1. The third-order valence-corrected chi connectivity index (χ3v) is 1.72. The highest BCUT2D eigenvalue weighted by molar-refractivity contribution is 6.60. The molecule has 0 saturated carbocycles. The predicted molar refractivity (Wildman–Crippen MR) is 39.8 cm³/mol. The second-order valence-corrected chi connectivity index (χ2v) is 2.57. The Bertz CT molecular complexity index is 157. The lowest BCUT2D eigenvalue weighted by Crippen LogP contribution is -2.26. The maximum Gasteiger partial charge on any atom is 0.481 e. The molecular formula is C6H11BF3O2-. The van der Waals surface area contributed by atoms with Crippen LogP contribution in [-0.4, -0.2) is 20.1 Å². The Balaban J connectivity index is 4.09. The van der Waals surface area contributed by atoms with Crippen LogP contribution in [0.2, 0.25) is 5.82 Å². The number of ether oxygens (including phenoxy) is 1. The minimum Gasteiger partial charge on any atom is -0.469 e. The smallest absolute Gasteiger partial charge is 0.469 e. The predicted octanol–water partition coefficient (Wildman–Crippen LogP) is 2.18. The topological polar surface area (TPSA) is 26.3 Å². The molecular weight excluding hydrogens is 172 g/mol. The van der Waals surface area contributed by atoms with Crippen LogP contribution in [0.5, 0.6) is 0 Å². The van der Waals surface area contributed by atoms with E-state index in [0.717, 1.165) is 7.11 Å². The number of esters is 1. The highest BCUT2D eigenvalue weighted by atomic mass is 19.4. The number of carbonyl (C=O) groups excluding carboxylic acids is 1. The molecule has 0 spiro atoms. The zero-order chi connectivity index (χ0) is 9.78. The highest BCUT2D eigenvalue weighted by Gasteiger charge is 2.34. The van der Waals surface area contributed by atoms with E-state index in [1.807, 2.05) is 0 Å². The Morgan fingerprint density at radius 2 is 2.00 bits per heavy atom. The summed E-state index contributed by atoms with van der Waals surface area (Å²) in [7, 11) is 1.08. The molecule has 0 heterocycles. The Morgan fingerprint density at radius 1 is 1.50 bits per heavy atom. The molecule has 0 aliphatic heterocycles. The third kappa shape index (κ3) is 3.64. The molecule has 0 radical (unpaired) electrons. The minimum atomic E-state index is -4.92. The summed E-state index contributed by atoms with van der Waals surface area (Å²) in [4.78, 5) is 10.5. The Hall–Kier alpha value is -0.675. The largest absolute Gasteiger partial charge is 0.481 e. The van der Waals surface area contributed by atoms with Crippen molar-refractivity contribution in [3.63, 3.8) is 0 Å². The molecule has 0 amide bonds. The van der Waals surface area contributed by atoms with Crippen molar-refractivity contribution < 1.29 is 22.5 Å². The Labute approximate surface area is 69.1 Å². The Morgan fingerprint density at radius 3 is 2.25 bits per heavy atom. The van der Waals surface area contributed by atoms with Crippen molar-refractivity contribution in [1.82, 2.24) is 0 Å². The number of hydrogen-bond acceptors (Lipinski definition) is 2. The van der Waals surface area contributed by atoms with Gasteiger partial charge in [-0.25, -0.2) is 0 Å². The normalized spacial score (nSPS) is 14.1. The van der Waals surface area contributed by atoms with E-state index in [4.69, 9.17) is 0 Å². The van der Waals surface area contributed by atoms with Gasteiger partial charge in [0.05, 0.1) is 7.11 Å². The molecule has 2 nitrogen and oxygen atoms in total. The van der Waals surface area contributed by atoms with E-state index in [2.05, 4.69) is 4.74 Å². The van der Waals surface area contributed by atoms with E-state index >= 15 is 0 Å². The lowest BCUT2D eigenvalue weighted by molar-refractivity contribution is -0.140. The number of carbonyl (C=O) groups is 1. The van der Waals surface area contributed by atoms with Crippen LogP contribution in [0.3, 0.4) is 0 Å². The fraction of sp³-hybridized carbons (Fsp3) is 0.833. The average molecular weight is 183 g/mol. The summed E-state index contributed by atoms with van der Waals surface area (Å²) in [6.45, 7) is -3.51. The van der Waals surface area contributed by atoms with Crippen LogP contribution in [0.25, 0.3) is 0 Å². The van der Waals surface area contributed by atoms with Gasteiger partial charge in [0.2, 0.25) is 0 Å². The van der Waals surface area contributed by atoms with E-state index < -0.39 is 25.2 Å². The van der Waals surface area contributed by atoms with E-state index in [-0.39, 0.29) is 6.42 Å². The number of rotatable bonds is 4.